The molecule has 3 heterocycles. The molecule has 1 aliphatic rings. The lowest BCUT2D eigenvalue weighted by Crippen LogP contribution is -2.45. The number of nitrogens with zero attached hydrogens (tertiary/aromatic N) is 2. The van der Waals surface area contributed by atoms with Crippen LogP contribution in [0.2, 0.25) is 0 Å². The fraction of sp³-hybridized carbons (Fsp3) is 0.222. The summed E-state index contributed by atoms with van der Waals surface area (Å²) in [4.78, 5) is 13.1. The van der Waals surface area contributed by atoms with Crippen LogP contribution < -0.4 is 10.6 Å². The van der Waals surface area contributed by atoms with Crippen molar-refractivity contribution in [2.24, 2.45) is 0 Å². The number of rotatable bonds is 4. The van der Waals surface area contributed by atoms with Crippen molar-refractivity contribution in [3.63, 3.8) is 0 Å². The smallest absolute Gasteiger partial charge is 0.347 e. The zero-order valence-electron chi connectivity index (χ0n) is 14.0. The van der Waals surface area contributed by atoms with Gasteiger partial charge in [-0.1, -0.05) is 18.2 Å². The fourth-order valence-corrected chi connectivity index (χ4v) is 3.60. The SMILES string of the molecule is O=C1NCC(NCc2ccc(C(F)(F)F)cc2)n2nc(-c3cccs3)cc21. The highest BCUT2D eigenvalue weighted by Gasteiger charge is 2.30. The summed E-state index contributed by atoms with van der Waals surface area (Å²) < 4.78 is 39.6. The quantitative estimate of drug-likeness (QED) is 0.712. The van der Waals surface area contributed by atoms with Crippen LogP contribution in [0.25, 0.3) is 10.6 Å². The maximum absolute atomic E-state index is 12.7. The molecule has 4 rings (SSSR count). The number of halogens is 3. The van der Waals surface area contributed by atoms with Gasteiger partial charge in [-0.3, -0.25) is 10.1 Å². The number of carbonyl (C=O) groups excluding carboxylic acids is 1. The first-order valence-corrected chi connectivity index (χ1v) is 9.11. The highest BCUT2D eigenvalue weighted by atomic mass is 32.1. The van der Waals surface area contributed by atoms with Crippen molar-refractivity contribution in [2.45, 2.75) is 18.9 Å². The predicted octanol–water partition coefficient (Wildman–Crippen LogP) is 3.66. The van der Waals surface area contributed by atoms with Crippen LogP contribution in [0.15, 0.2) is 47.8 Å². The van der Waals surface area contributed by atoms with Crippen LogP contribution in [-0.4, -0.2) is 22.2 Å². The third kappa shape index (κ3) is 3.60. The molecule has 0 aliphatic carbocycles. The number of aromatic nitrogens is 2. The van der Waals surface area contributed by atoms with E-state index < -0.39 is 11.7 Å². The molecule has 9 heteroatoms. The summed E-state index contributed by atoms with van der Waals surface area (Å²) in [5, 5.41) is 12.5. The first-order valence-electron chi connectivity index (χ1n) is 8.23. The second kappa shape index (κ2) is 6.82. The normalized spacial score (nSPS) is 16.9. The largest absolute Gasteiger partial charge is 0.416 e. The van der Waals surface area contributed by atoms with Gasteiger partial charge in [0, 0.05) is 6.54 Å². The van der Waals surface area contributed by atoms with Crippen molar-refractivity contribution in [2.75, 3.05) is 6.54 Å². The number of nitrogens with one attached hydrogen (secondary N) is 2. The van der Waals surface area contributed by atoms with Crippen LogP contribution in [0.3, 0.4) is 0 Å². The summed E-state index contributed by atoms with van der Waals surface area (Å²) in [5.74, 6) is -0.196. The van der Waals surface area contributed by atoms with Gasteiger partial charge in [0.1, 0.15) is 17.6 Å². The molecule has 0 fully saturated rings. The Morgan fingerprint density at radius 3 is 2.70 bits per heavy atom. The molecular formula is C18H15F3N4OS. The monoisotopic (exact) mass is 392 g/mol. The minimum absolute atomic E-state index is 0.196. The van der Waals surface area contributed by atoms with Gasteiger partial charge in [-0.15, -0.1) is 11.3 Å². The maximum Gasteiger partial charge on any atom is 0.416 e. The van der Waals surface area contributed by atoms with Crippen LogP contribution in [0.4, 0.5) is 13.2 Å². The predicted molar refractivity (Wildman–Crippen MR) is 95.2 cm³/mol. The first-order chi connectivity index (χ1) is 12.9. The lowest BCUT2D eigenvalue weighted by Gasteiger charge is -2.25. The van der Waals surface area contributed by atoms with Crippen molar-refractivity contribution >= 4 is 17.2 Å². The standard InChI is InChI=1S/C18H15F3N4OS/c19-18(20,21)12-5-3-11(4-6-12)9-22-16-10-23-17(26)14-8-13(24-25(14)16)15-2-1-7-27-15/h1-8,16,22H,9-10H2,(H,23,26). The van der Waals surface area contributed by atoms with E-state index in [1.807, 2.05) is 17.5 Å². The Bertz CT molecular complexity index is 948. The van der Waals surface area contributed by atoms with Crippen molar-refractivity contribution in [3.05, 3.63) is 64.7 Å². The van der Waals surface area contributed by atoms with Crippen LogP contribution in [-0.2, 0) is 12.7 Å². The highest BCUT2D eigenvalue weighted by molar-refractivity contribution is 7.13. The lowest BCUT2D eigenvalue weighted by atomic mass is 10.1. The Hall–Kier alpha value is -2.65. The molecule has 0 bridgehead atoms. The van der Waals surface area contributed by atoms with E-state index in [4.69, 9.17) is 0 Å². The van der Waals surface area contributed by atoms with Gasteiger partial charge in [-0.25, -0.2) is 4.68 Å². The van der Waals surface area contributed by atoms with E-state index in [0.29, 0.717) is 24.3 Å². The molecule has 1 amide bonds. The number of hydrogen-bond donors (Lipinski definition) is 2. The summed E-state index contributed by atoms with van der Waals surface area (Å²) in [6.45, 7) is 0.699. The van der Waals surface area contributed by atoms with Crippen LogP contribution in [0.5, 0.6) is 0 Å². The van der Waals surface area contributed by atoms with E-state index in [1.165, 1.54) is 23.5 Å². The first kappa shape index (κ1) is 17.7. The van der Waals surface area contributed by atoms with Gasteiger partial charge in [0.05, 0.1) is 17.0 Å². The molecule has 2 N–H and O–H groups in total. The average molecular weight is 392 g/mol. The van der Waals surface area contributed by atoms with Crippen molar-refractivity contribution < 1.29 is 18.0 Å². The minimum atomic E-state index is -4.35. The molecule has 1 atom stereocenters. The van der Waals surface area contributed by atoms with E-state index in [2.05, 4.69) is 15.7 Å². The zero-order chi connectivity index (χ0) is 19.0. The lowest BCUT2D eigenvalue weighted by molar-refractivity contribution is -0.137. The third-order valence-corrected chi connectivity index (χ3v) is 5.21. The van der Waals surface area contributed by atoms with E-state index in [9.17, 15) is 18.0 Å². The molecule has 2 aromatic heterocycles. The molecule has 27 heavy (non-hydrogen) atoms. The minimum Gasteiger partial charge on any atom is -0.347 e. The molecule has 140 valence electrons. The molecule has 3 aromatic rings. The molecule has 1 unspecified atom stereocenters. The second-order valence-corrected chi connectivity index (χ2v) is 7.09. The van der Waals surface area contributed by atoms with Crippen molar-refractivity contribution in [1.82, 2.24) is 20.4 Å². The molecule has 0 radical (unpaired) electrons. The Kier molecular flexibility index (Phi) is 4.48. The van der Waals surface area contributed by atoms with Gasteiger partial charge in [0.15, 0.2) is 0 Å². The number of amides is 1. The molecule has 0 spiro atoms. The zero-order valence-corrected chi connectivity index (χ0v) is 14.8. The average Bonchev–Trinajstić information content (AvgIpc) is 3.31. The summed E-state index contributed by atoms with van der Waals surface area (Å²) in [7, 11) is 0. The van der Waals surface area contributed by atoms with Gasteiger partial charge in [-0.2, -0.15) is 18.3 Å². The van der Waals surface area contributed by atoms with Crippen molar-refractivity contribution in [1.29, 1.82) is 0 Å². The number of alkyl halides is 3. The van der Waals surface area contributed by atoms with Gasteiger partial charge >= 0.3 is 6.18 Å². The summed E-state index contributed by atoms with van der Waals surface area (Å²) in [6.07, 6.45) is -4.63. The summed E-state index contributed by atoms with van der Waals surface area (Å²) >= 11 is 1.54. The number of benzene rings is 1. The fourth-order valence-electron chi connectivity index (χ4n) is 2.92. The number of thiophene rings is 1. The number of fused-ring (bicyclic) bond motifs is 1. The van der Waals surface area contributed by atoms with E-state index >= 15 is 0 Å². The number of hydrogen-bond acceptors (Lipinski definition) is 4. The highest BCUT2D eigenvalue weighted by Crippen LogP contribution is 2.29. The molecule has 1 aliphatic heterocycles. The molecule has 1 aromatic carbocycles. The van der Waals surface area contributed by atoms with Gasteiger partial charge in [0.2, 0.25) is 0 Å². The Balaban J connectivity index is 1.51. The van der Waals surface area contributed by atoms with E-state index in [1.54, 1.807) is 10.7 Å². The van der Waals surface area contributed by atoms with Crippen molar-refractivity contribution in [3.8, 4) is 10.6 Å². The molecular weight excluding hydrogens is 377 g/mol. The molecule has 0 saturated carbocycles. The van der Waals surface area contributed by atoms with E-state index in [0.717, 1.165) is 22.7 Å². The summed E-state index contributed by atoms with van der Waals surface area (Å²) in [5.41, 5.74) is 1.21. The van der Waals surface area contributed by atoms with Gasteiger partial charge in [-0.05, 0) is 35.2 Å². The van der Waals surface area contributed by atoms with Gasteiger partial charge < -0.3 is 5.32 Å². The Morgan fingerprint density at radius 1 is 1.26 bits per heavy atom. The van der Waals surface area contributed by atoms with Crippen LogP contribution in [0.1, 0.15) is 27.8 Å². The topological polar surface area (TPSA) is 59.0 Å². The second-order valence-electron chi connectivity index (χ2n) is 6.14. The van der Waals surface area contributed by atoms with Crippen LogP contribution >= 0.6 is 11.3 Å². The van der Waals surface area contributed by atoms with E-state index in [-0.39, 0.29) is 12.1 Å². The maximum atomic E-state index is 12.7. The third-order valence-electron chi connectivity index (χ3n) is 4.32. The molecule has 5 nitrogen and oxygen atoms in total. The molecule has 0 saturated heterocycles. The number of carbonyl (C=O) groups is 1. The summed E-state index contributed by atoms with van der Waals surface area (Å²) in [6, 6.07) is 10.6. The Morgan fingerprint density at radius 2 is 2.04 bits per heavy atom. The van der Waals surface area contributed by atoms with Gasteiger partial charge in [0.25, 0.3) is 5.91 Å². The van der Waals surface area contributed by atoms with Crippen LogP contribution in [0, 0.1) is 0 Å². The Labute approximate surface area is 156 Å².